The predicted octanol–water partition coefficient (Wildman–Crippen LogP) is 4.48. The number of hydrogen-bond donors (Lipinski definition) is 1. The van der Waals surface area contributed by atoms with E-state index in [1.807, 2.05) is 18.2 Å². The fraction of sp³-hybridized carbons (Fsp3) is 0.556. The van der Waals surface area contributed by atoms with Crippen LogP contribution in [0.2, 0.25) is 0 Å². The number of benzene rings is 1. The maximum atomic E-state index is 13.8. The summed E-state index contributed by atoms with van der Waals surface area (Å²) in [4.78, 5) is 9.50. The third kappa shape index (κ3) is 5.59. The number of ether oxygens (including phenoxy) is 1. The molecule has 0 bridgehead atoms. The van der Waals surface area contributed by atoms with Gasteiger partial charge < -0.3 is 19.5 Å². The van der Waals surface area contributed by atoms with E-state index in [0.29, 0.717) is 42.0 Å². The summed E-state index contributed by atoms with van der Waals surface area (Å²) in [5.41, 5.74) is 1.64. The van der Waals surface area contributed by atoms with Crippen molar-refractivity contribution < 1.29 is 13.7 Å². The van der Waals surface area contributed by atoms with Gasteiger partial charge in [-0.1, -0.05) is 25.1 Å². The fourth-order valence-corrected chi connectivity index (χ4v) is 5.05. The van der Waals surface area contributed by atoms with Gasteiger partial charge >= 0.3 is 0 Å². The molecule has 5 rings (SSSR count). The van der Waals surface area contributed by atoms with Crippen LogP contribution in [0.15, 0.2) is 40.9 Å². The van der Waals surface area contributed by atoms with Crippen molar-refractivity contribution in [3.8, 4) is 5.88 Å². The highest BCUT2D eigenvalue weighted by Gasteiger charge is 2.34. The number of piperazine rings is 1. The minimum absolute atomic E-state index is 0.262. The Balaban J connectivity index is 1.12. The van der Waals surface area contributed by atoms with Gasteiger partial charge in [0.05, 0.1) is 17.7 Å². The molecule has 0 amide bonds. The van der Waals surface area contributed by atoms with Crippen LogP contribution in [0.25, 0.3) is 11.0 Å². The zero-order valence-electron chi connectivity index (χ0n) is 20.9. The smallest absolute Gasteiger partial charge is 0.213 e. The van der Waals surface area contributed by atoms with E-state index in [4.69, 9.17) is 14.2 Å². The molecule has 35 heavy (non-hydrogen) atoms. The molecule has 0 aliphatic carbocycles. The zero-order chi connectivity index (χ0) is 24.4. The van der Waals surface area contributed by atoms with E-state index in [2.05, 4.69) is 41.0 Å². The topological polar surface area (TPSA) is 66.7 Å². The van der Waals surface area contributed by atoms with E-state index < -0.39 is 0 Å². The summed E-state index contributed by atoms with van der Waals surface area (Å²) in [6.07, 6.45) is 2.23. The highest BCUT2D eigenvalue weighted by molar-refractivity contribution is 5.88. The molecule has 2 aromatic heterocycles. The standard InChI is InChI=1S/C27H36FN5O2/c1-18(2)19(3)29-14-22-5-4-6-26(30-22)34-17-20-7-9-23-16-33(12-11-32(23)15-20)27-24-13-21(28)8-10-25(24)35-31-27/h4-6,8,10,13,18-20,23,29H,7,9,11-12,14-17H2,1-3H3/t19-,20?,23?/m1/s1. The van der Waals surface area contributed by atoms with Crippen molar-refractivity contribution in [2.75, 3.05) is 37.7 Å². The lowest BCUT2D eigenvalue weighted by atomic mass is 9.91. The highest BCUT2D eigenvalue weighted by atomic mass is 19.1. The zero-order valence-corrected chi connectivity index (χ0v) is 20.9. The molecule has 4 heterocycles. The summed E-state index contributed by atoms with van der Waals surface area (Å²) < 4.78 is 25.3. The van der Waals surface area contributed by atoms with Crippen molar-refractivity contribution in [1.82, 2.24) is 20.4 Å². The molecule has 2 aliphatic heterocycles. The van der Waals surface area contributed by atoms with Crippen molar-refractivity contribution in [2.24, 2.45) is 11.8 Å². The van der Waals surface area contributed by atoms with Crippen molar-refractivity contribution in [3.63, 3.8) is 0 Å². The van der Waals surface area contributed by atoms with Crippen LogP contribution >= 0.6 is 0 Å². The summed E-state index contributed by atoms with van der Waals surface area (Å²) in [5, 5.41) is 8.53. The molecule has 7 nitrogen and oxygen atoms in total. The first-order chi connectivity index (χ1) is 17.0. The molecule has 8 heteroatoms. The molecular weight excluding hydrogens is 445 g/mol. The van der Waals surface area contributed by atoms with E-state index in [9.17, 15) is 4.39 Å². The Kier molecular flexibility index (Phi) is 7.20. The lowest BCUT2D eigenvalue weighted by Crippen LogP contribution is -2.57. The number of nitrogens with one attached hydrogen (secondary N) is 1. The molecule has 0 radical (unpaired) electrons. The lowest BCUT2D eigenvalue weighted by molar-refractivity contribution is 0.0716. The Labute approximate surface area is 206 Å². The molecule has 2 unspecified atom stereocenters. The van der Waals surface area contributed by atoms with E-state index >= 15 is 0 Å². The molecule has 2 fully saturated rings. The van der Waals surface area contributed by atoms with Crippen LogP contribution in [-0.2, 0) is 6.54 Å². The first kappa shape index (κ1) is 24.0. The SMILES string of the molecule is CC(C)[C@@H](C)NCc1cccc(OCC2CCC3CN(c4noc5ccc(F)cc45)CCN3C2)n1. The molecule has 2 saturated heterocycles. The Morgan fingerprint density at radius 2 is 2.03 bits per heavy atom. The van der Waals surface area contributed by atoms with Crippen LogP contribution in [0.5, 0.6) is 5.88 Å². The fourth-order valence-electron chi connectivity index (χ4n) is 5.05. The Hall–Kier alpha value is -2.71. The van der Waals surface area contributed by atoms with Crippen LogP contribution in [0.4, 0.5) is 10.2 Å². The van der Waals surface area contributed by atoms with Crippen LogP contribution in [0.1, 0.15) is 39.3 Å². The van der Waals surface area contributed by atoms with Gasteiger partial charge in [0, 0.05) is 56.8 Å². The molecule has 188 valence electrons. The second-order valence-corrected chi connectivity index (χ2v) is 10.4. The van der Waals surface area contributed by atoms with Crippen molar-refractivity contribution in [1.29, 1.82) is 0 Å². The number of halogens is 1. The van der Waals surface area contributed by atoms with Gasteiger partial charge in [-0.2, -0.15) is 0 Å². The number of fused-ring (bicyclic) bond motifs is 2. The first-order valence-electron chi connectivity index (χ1n) is 12.8. The van der Waals surface area contributed by atoms with E-state index in [1.54, 1.807) is 6.07 Å². The second-order valence-electron chi connectivity index (χ2n) is 10.4. The van der Waals surface area contributed by atoms with Crippen LogP contribution in [0, 0.1) is 17.7 Å². The third-order valence-corrected chi connectivity index (χ3v) is 7.57. The van der Waals surface area contributed by atoms with Crippen molar-refractivity contribution in [3.05, 3.63) is 47.9 Å². The number of piperidine rings is 1. The number of anilines is 1. The molecule has 0 saturated carbocycles. The Morgan fingerprint density at radius 1 is 1.14 bits per heavy atom. The van der Waals surface area contributed by atoms with E-state index in [1.165, 1.54) is 12.1 Å². The molecule has 2 aliphatic rings. The summed E-state index contributed by atoms with van der Waals surface area (Å²) in [6.45, 7) is 11.8. The quantitative estimate of drug-likeness (QED) is 0.509. The third-order valence-electron chi connectivity index (χ3n) is 7.57. The van der Waals surface area contributed by atoms with Gasteiger partial charge in [0.1, 0.15) is 5.82 Å². The van der Waals surface area contributed by atoms with Gasteiger partial charge in [-0.3, -0.25) is 4.90 Å². The summed E-state index contributed by atoms with van der Waals surface area (Å²) in [5.74, 6) is 2.28. The Bertz CT molecular complexity index is 1140. The number of pyridine rings is 1. The molecule has 0 spiro atoms. The van der Waals surface area contributed by atoms with E-state index in [-0.39, 0.29) is 5.82 Å². The monoisotopic (exact) mass is 481 g/mol. The lowest BCUT2D eigenvalue weighted by Gasteiger charge is -2.46. The van der Waals surface area contributed by atoms with Gasteiger partial charge in [-0.25, -0.2) is 9.37 Å². The first-order valence-corrected chi connectivity index (χ1v) is 12.8. The van der Waals surface area contributed by atoms with Crippen molar-refractivity contribution in [2.45, 2.75) is 52.2 Å². The average Bonchev–Trinajstić information content (AvgIpc) is 3.28. The summed E-state index contributed by atoms with van der Waals surface area (Å²) in [7, 11) is 0. The molecule has 3 aromatic rings. The molecule has 1 aromatic carbocycles. The summed E-state index contributed by atoms with van der Waals surface area (Å²) >= 11 is 0. The minimum atomic E-state index is -0.262. The van der Waals surface area contributed by atoms with Crippen LogP contribution in [0.3, 0.4) is 0 Å². The van der Waals surface area contributed by atoms with Crippen LogP contribution < -0.4 is 15.0 Å². The number of hydrogen-bond acceptors (Lipinski definition) is 7. The molecule has 3 atom stereocenters. The maximum Gasteiger partial charge on any atom is 0.213 e. The predicted molar refractivity (Wildman–Crippen MR) is 135 cm³/mol. The maximum absolute atomic E-state index is 13.8. The van der Waals surface area contributed by atoms with Gasteiger partial charge in [0.25, 0.3) is 0 Å². The Morgan fingerprint density at radius 3 is 2.89 bits per heavy atom. The number of rotatable bonds is 8. The minimum Gasteiger partial charge on any atom is -0.477 e. The molecular formula is C27H36FN5O2. The number of nitrogens with zero attached hydrogens (tertiary/aromatic N) is 4. The number of aromatic nitrogens is 2. The van der Waals surface area contributed by atoms with Gasteiger partial charge in [0.2, 0.25) is 5.88 Å². The van der Waals surface area contributed by atoms with Crippen LogP contribution in [-0.4, -0.2) is 59.9 Å². The van der Waals surface area contributed by atoms with Gasteiger partial charge in [-0.05, 0) is 49.9 Å². The van der Waals surface area contributed by atoms with E-state index in [0.717, 1.165) is 62.5 Å². The van der Waals surface area contributed by atoms with Gasteiger partial charge in [0.15, 0.2) is 11.4 Å². The largest absolute Gasteiger partial charge is 0.477 e. The average molecular weight is 482 g/mol. The van der Waals surface area contributed by atoms with Crippen molar-refractivity contribution >= 4 is 16.8 Å². The second kappa shape index (κ2) is 10.5. The highest BCUT2D eigenvalue weighted by Crippen LogP contribution is 2.31. The molecule has 1 N–H and O–H groups in total. The van der Waals surface area contributed by atoms with Gasteiger partial charge in [-0.15, -0.1) is 0 Å². The summed E-state index contributed by atoms with van der Waals surface area (Å²) in [6, 6.07) is 11.5. The normalized spacial score (nSPS) is 21.9.